The number of Topliss-reactive ketones (excluding diaryl/α,β-unsaturated/α-hetero) is 1. The average molecular weight is 265 g/mol. The van der Waals surface area contributed by atoms with Crippen LogP contribution in [0.2, 0.25) is 0 Å². The van der Waals surface area contributed by atoms with Crippen LogP contribution in [0, 0.1) is 18.2 Å². The summed E-state index contributed by atoms with van der Waals surface area (Å²) < 4.78 is 18.4. The van der Waals surface area contributed by atoms with E-state index >= 15 is 0 Å². The van der Waals surface area contributed by atoms with E-state index in [1.54, 1.807) is 6.07 Å². The quantitative estimate of drug-likeness (QED) is 0.906. The van der Waals surface area contributed by atoms with Crippen LogP contribution in [0.3, 0.4) is 0 Å². The molecule has 0 aliphatic carbocycles. The highest BCUT2D eigenvalue weighted by atomic mass is 19.1. The van der Waals surface area contributed by atoms with Gasteiger partial charge in [0.2, 0.25) is 0 Å². The number of halogens is 1. The number of benzene rings is 1. The zero-order valence-electron chi connectivity index (χ0n) is 11.2. The maximum absolute atomic E-state index is 13.1. The summed E-state index contributed by atoms with van der Waals surface area (Å²) in [7, 11) is 0. The summed E-state index contributed by atoms with van der Waals surface area (Å²) in [5.74, 6) is -0.124. The van der Waals surface area contributed by atoms with Crippen molar-refractivity contribution in [2.24, 2.45) is 11.1 Å². The van der Waals surface area contributed by atoms with Crippen LogP contribution >= 0.6 is 0 Å². The largest absolute Gasteiger partial charge is 0.381 e. The van der Waals surface area contributed by atoms with Crippen molar-refractivity contribution in [3.05, 3.63) is 35.1 Å². The van der Waals surface area contributed by atoms with Gasteiger partial charge in [0.15, 0.2) is 0 Å². The van der Waals surface area contributed by atoms with Crippen molar-refractivity contribution < 1.29 is 13.9 Å². The van der Waals surface area contributed by atoms with Crippen LogP contribution in [0.15, 0.2) is 18.2 Å². The lowest BCUT2D eigenvalue weighted by Gasteiger charge is -2.34. The molecule has 19 heavy (non-hydrogen) atoms. The van der Waals surface area contributed by atoms with E-state index in [1.807, 2.05) is 6.92 Å². The molecule has 0 spiro atoms. The third-order valence-electron chi connectivity index (χ3n) is 4.09. The summed E-state index contributed by atoms with van der Waals surface area (Å²) in [5, 5.41) is 0. The third-order valence-corrected chi connectivity index (χ3v) is 4.09. The monoisotopic (exact) mass is 265 g/mol. The summed E-state index contributed by atoms with van der Waals surface area (Å²) >= 11 is 0. The van der Waals surface area contributed by atoms with E-state index in [0.29, 0.717) is 39.0 Å². The average Bonchev–Trinajstić information content (AvgIpc) is 2.42. The second kappa shape index (κ2) is 5.80. The van der Waals surface area contributed by atoms with Crippen LogP contribution in [0.25, 0.3) is 0 Å². The van der Waals surface area contributed by atoms with Gasteiger partial charge in [-0.15, -0.1) is 0 Å². The molecule has 1 fully saturated rings. The first-order valence-corrected chi connectivity index (χ1v) is 6.63. The molecule has 0 saturated carbocycles. The van der Waals surface area contributed by atoms with Gasteiger partial charge in [0.25, 0.3) is 0 Å². The van der Waals surface area contributed by atoms with Gasteiger partial charge in [-0.2, -0.15) is 0 Å². The minimum Gasteiger partial charge on any atom is -0.381 e. The van der Waals surface area contributed by atoms with Crippen molar-refractivity contribution in [2.45, 2.75) is 26.2 Å². The standard InChI is InChI=1S/C15H20FNO2/c1-11-8-13(16)3-2-12(11)9-14(18)15(10-17)4-6-19-7-5-15/h2-3,8H,4-7,9-10,17H2,1H3. The summed E-state index contributed by atoms with van der Waals surface area (Å²) in [6, 6.07) is 4.54. The molecular formula is C15H20FNO2. The van der Waals surface area contributed by atoms with Gasteiger partial charge in [0.05, 0.1) is 0 Å². The molecule has 2 N–H and O–H groups in total. The van der Waals surface area contributed by atoms with Gasteiger partial charge in [0.1, 0.15) is 11.6 Å². The van der Waals surface area contributed by atoms with E-state index in [2.05, 4.69) is 0 Å². The van der Waals surface area contributed by atoms with Crippen LogP contribution in [0.5, 0.6) is 0 Å². The molecule has 1 aromatic rings. The van der Waals surface area contributed by atoms with Crippen LogP contribution in [0.4, 0.5) is 4.39 Å². The third kappa shape index (κ3) is 3.01. The molecule has 1 aliphatic heterocycles. The van der Waals surface area contributed by atoms with Crippen molar-refractivity contribution in [1.29, 1.82) is 0 Å². The smallest absolute Gasteiger partial charge is 0.144 e. The fourth-order valence-electron chi connectivity index (χ4n) is 2.58. The molecule has 0 radical (unpaired) electrons. The molecule has 3 nitrogen and oxygen atoms in total. The van der Waals surface area contributed by atoms with E-state index in [4.69, 9.17) is 10.5 Å². The molecule has 1 aromatic carbocycles. The normalized spacial score (nSPS) is 18.3. The number of hydrogen-bond acceptors (Lipinski definition) is 3. The van der Waals surface area contributed by atoms with Gasteiger partial charge >= 0.3 is 0 Å². The van der Waals surface area contributed by atoms with Crippen LogP contribution in [-0.4, -0.2) is 25.5 Å². The molecule has 2 rings (SSSR count). The fraction of sp³-hybridized carbons (Fsp3) is 0.533. The Kier molecular flexibility index (Phi) is 4.32. The zero-order valence-corrected chi connectivity index (χ0v) is 11.2. The van der Waals surface area contributed by atoms with E-state index in [0.717, 1.165) is 11.1 Å². The van der Waals surface area contributed by atoms with Gasteiger partial charge in [-0.1, -0.05) is 6.07 Å². The molecule has 0 unspecified atom stereocenters. The molecule has 4 heteroatoms. The van der Waals surface area contributed by atoms with Crippen LogP contribution in [-0.2, 0) is 16.0 Å². The first kappa shape index (κ1) is 14.2. The number of ketones is 1. The van der Waals surface area contributed by atoms with Crippen LogP contribution in [0.1, 0.15) is 24.0 Å². The lowest BCUT2D eigenvalue weighted by Crippen LogP contribution is -2.44. The highest BCUT2D eigenvalue weighted by Crippen LogP contribution is 2.32. The second-order valence-corrected chi connectivity index (χ2v) is 5.27. The Morgan fingerprint density at radius 2 is 2.11 bits per heavy atom. The number of rotatable bonds is 4. The predicted octanol–water partition coefficient (Wildman–Crippen LogP) is 2.00. The highest BCUT2D eigenvalue weighted by Gasteiger charge is 2.38. The molecule has 0 amide bonds. The molecular weight excluding hydrogens is 245 g/mol. The van der Waals surface area contributed by atoms with Crippen molar-refractivity contribution >= 4 is 5.78 Å². The Bertz CT molecular complexity index is 467. The molecule has 1 heterocycles. The number of carbonyl (C=O) groups excluding carboxylic acids is 1. The Labute approximate surface area is 112 Å². The number of carbonyl (C=O) groups is 1. The fourth-order valence-corrected chi connectivity index (χ4v) is 2.58. The first-order chi connectivity index (χ1) is 9.07. The van der Waals surface area contributed by atoms with E-state index in [1.165, 1.54) is 12.1 Å². The molecule has 1 aliphatic rings. The Hall–Kier alpha value is -1.26. The SMILES string of the molecule is Cc1cc(F)ccc1CC(=O)C1(CN)CCOCC1. The minimum absolute atomic E-state index is 0.146. The van der Waals surface area contributed by atoms with Gasteiger partial charge in [-0.3, -0.25) is 4.79 Å². The number of nitrogens with two attached hydrogens (primary N) is 1. The summed E-state index contributed by atoms with van der Waals surface area (Å²) in [4.78, 5) is 12.5. The topological polar surface area (TPSA) is 52.3 Å². The first-order valence-electron chi connectivity index (χ1n) is 6.63. The van der Waals surface area contributed by atoms with Crippen molar-refractivity contribution in [2.75, 3.05) is 19.8 Å². The summed E-state index contributed by atoms with van der Waals surface area (Å²) in [6.07, 6.45) is 1.69. The van der Waals surface area contributed by atoms with Crippen molar-refractivity contribution in [3.63, 3.8) is 0 Å². The molecule has 1 saturated heterocycles. The van der Waals surface area contributed by atoms with E-state index in [9.17, 15) is 9.18 Å². The predicted molar refractivity (Wildman–Crippen MR) is 71.4 cm³/mol. The summed E-state index contributed by atoms with van der Waals surface area (Å²) in [6.45, 7) is 3.36. The lowest BCUT2D eigenvalue weighted by atomic mass is 9.74. The Morgan fingerprint density at radius 3 is 2.68 bits per heavy atom. The van der Waals surface area contributed by atoms with Crippen LogP contribution < -0.4 is 5.73 Å². The van der Waals surface area contributed by atoms with Gasteiger partial charge in [0, 0.05) is 31.6 Å². The highest BCUT2D eigenvalue weighted by molar-refractivity contribution is 5.87. The molecule has 0 bridgehead atoms. The second-order valence-electron chi connectivity index (χ2n) is 5.27. The maximum Gasteiger partial charge on any atom is 0.144 e. The molecule has 0 aromatic heterocycles. The zero-order chi connectivity index (χ0) is 13.9. The van der Waals surface area contributed by atoms with Crippen molar-refractivity contribution in [3.8, 4) is 0 Å². The van der Waals surface area contributed by atoms with Crippen molar-refractivity contribution in [1.82, 2.24) is 0 Å². The lowest BCUT2D eigenvalue weighted by molar-refractivity contribution is -0.132. The van der Waals surface area contributed by atoms with Gasteiger partial charge < -0.3 is 10.5 Å². The number of hydrogen-bond donors (Lipinski definition) is 1. The minimum atomic E-state index is -0.459. The van der Waals surface area contributed by atoms with Gasteiger partial charge in [-0.05, 0) is 43.0 Å². The van der Waals surface area contributed by atoms with E-state index in [-0.39, 0.29) is 11.6 Å². The van der Waals surface area contributed by atoms with E-state index < -0.39 is 5.41 Å². The molecule has 0 atom stereocenters. The Balaban J connectivity index is 2.15. The number of aryl methyl sites for hydroxylation is 1. The summed E-state index contributed by atoms with van der Waals surface area (Å²) in [5.41, 5.74) is 7.05. The van der Waals surface area contributed by atoms with Gasteiger partial charge in [-0.25, -0.2) is 4.39 Å². The maximum atomic E-state index is 13.1. The Morgan fingerprint density at radius 1 is 1.42 bits per heavy atom. The molecule has 104 valence electrons. The number of ether oxygens (including phenoxy) is 1.